The quantitative estimate of drug-likeness (QED) is 0.711. The van der Waals surface area contributed by atoms with Gasteiger partial charge in [-0.2, -0.15) is 0 Å². The molecule has 13 heavy (non-hydrogen) atoms. The summed E-state index contributed by atoms with van der Waals surface area (Å²) in [6.45, 7) is 13.1. The molecule has 0 saturated carbocycles. The normalized spacial score (nSPS) is 15.5. The lowest BCUT2D eigenvalue weighted by atomic mass is 9.92. The molecule has 0 aliphatic rings. The van der Waals surface area contributed by atoms with Crippen LogP contribution < -0.4 is 5.73 Å². The van der Waals surface area contributed by atoms with Crippen molar-refractivity contribution in [3.05, 3.63) is 0 Å². The van der Waals surface area contributed by atoms with Crippen LogP contribution in [0.2, 0.25) is 0 Å². The van der Waals surface area contributed by atoms with Gasteiger partial charge in [-0.1, -0.05) is 27.7 Å². The first-order valence-electron chi connectivity index (χ1n) is 5.20. The Kier molecular flexibility index (Phi) is 4.93. The summed E-state index contributed by atoms with van der Waals surface area (Å²) in [7, 11) is 2.18. The van der Waals surface area contributed by atoms with Gasteiger partial charge in [-0.15, -0.1) is 0 Å². The highest BCUT2D eigenvalue weighted by atomic mass is 15.1. The van der Waals surface area contributed by atoms with Gasteiger partial charge in [0.15, 0.2) is 0 Å². The second-order valence-corrected chi connectivity index (χ2v) is 5.27. The number of hydrogen-bond acceptors (Lipinski definition) is 2. The zero-order valence-corrected chi connectivity index (χ0v) is 10.1. The molecule has 2 heteroatoms. The summed E-state index contributed by atoms with van der Waals surface area (Å²) in [4.78, 5) is 2.40. The second-order valence-electron chi connectivity index (χ2n) is 5.27. The molecule has 80 valence electrons. The number of rotatable bonds is 5. The zero-order valence-electron chi connectivity index (χ0n) is 10.1. The summed E-state index contributed by atoms with van der Waals surface area (Å²) in [6.07, 6.45) is 0. The number of hydrogen-bond donors (Lipinski definition) is 1. The minimum Gasteiger partial charge on any atom is -0.330 e. The van der Waals surface area contributed by atoms with E-state index in [1.807, 2.05) is 0 Å². The zero-order chi connectivity index (χ0) is 10.6. The molecule has 0 spiro atoms. The molecule has 0 radical (unpaired) electrons. The third kappa shape index (κ3) is 4.63. The van der Waals surface area contributed by atoms with Gasteiger partial charge in [0.1, 0.15) is 0 Å². The van der Waals surface area contributed by atoms with Crippen LogP contribution in [0.15, 0.2) is 0 Å². The van der Waals surface area contributed by atoms with Crippen LogP contribution >= 0.6 is 0 Å². The minimum atomic E-state index is 0.234. The summed E-state index contributed by atoms with van der Waals surface area (Å²) in [6, 6.07) is 0.630. The Hall–Kier alpha value is -0.0800. The molecule has 0 aromatic rings. The maximum atomic E-state index is 5.70. The van der Waals surface area contributed by atoms with E-state index in [-0.39, 0.29) is 5.41 Å². The van der Waals surface area contributed by atoms with Gasteiger partial charge in [-0.3, -0.25) is 0 Å². The average molecular weight is 186 g/mol. The molecule has 0 aliphatic carbocycles. The van der Waals surface area contributed by atoms with Gasteiger partial charge in [-0.05, 0) is 31.8 Å². The summed E-state index contributed by atoms with van der Waals surface area (Å²) < 4.78 is 0. The van der Waals surface area contributed by atoms with Gasteiger partial charge in [0.2, 0.25) is 0 Å². The molecule has 0 bridgehead atoms. The fourth-order valence-corrected chi connectivity index (χ4v) is 1.39. The monoisotopic (exact) mass is 186 g/mol. The Morgan fingerprint density at radius 3 is 2.00 bits per heavy atom. The minimum absolute atomic E-state index is 0.234. The Morgan fingerprint density at radius 2 is 1.69 bits per heavy atom. The molecule has 0 aromatic heterocycles. The van der Waals surface area contributed by atoms with Crippen molar-refractivity contribution in [2.45, 2.75) is 40.7 Å². The molecule has 0 saturated heterocycles. The molecule has 0 rings (SSSR count). The molecule has 0 amide bonds. The van der Waals surface area contributed by atoms with Crippen LogP contribution in [0.5, 0.6) is 0 Å². The standard InChI is InChI=1S/C11H26N2/c1-9(2)10(3)13(6)8-11(4,5)7-12/h9-10H,7-8,12H2,1-6H3. The number of nitrogens with zero attached hydrogens (tertiary/aromatic N) is 1. The predicted octanol–water partition coefficient (Wildman–Crippen LogP) is 1.95. The summed E-state index contributed by atoms with van der Waals surface area (Å²) >= 11 is 0. The van der Waals surface area contributed by atoms with E-state index in [9.17, 15) is 0 Å². The number of nitrogens with two attached hydrogens (primary N) is 1. The van der Waals surface area contributed by atoms with Crippen molar-refractivity contribution in [1.29, 1.82) is 0 Å². The second kappa shape index (κ2) is 4.97. The van der Waals surface area contributed by atoms with E-state index < -0.39 is 0 Å². The molecule has 0 fully saturated rings. The van der Waals surface area contributed by atoms with E-state index in [1.165, 1.54) is 0 Å². The summed E-state index contributed by atoms with van der Waals surface area (Å²) in [5.41, 5.74) is 5.94. The average Bonchev–Trinajstić information content (AvgIpc) is 2.02. The van der Waals surface area contributed by atoms with Gasteiger partial charge >= 0.3 is 0 Å². The van der Waals surface area contributed by atoms with E-state index in [1.54, 1.807) is 0 Å². The SMILES string of the molecule is CC(C)C(C)N(C)CC(C)(C)CN. The van der Waals surface area contributed by atoms with Crippen LogP contribution in [0.4, 0.5) is 0 Å². The van der Waals surface area contributed by atoms with Crippen LogP contribution in [0.25, 0.3) is 0 Å². The molecular weight excluding hydrogens is 160 g/mol. The highest BCUT2D eigenvalue weighted by Crippen LogP contribution is 2.17. The lowest BCUT2D eigenvalue weighted by molar-refractivity contribution is 0.145. The van der Waals surface area contributed by atoms with Gasteiger partial charge < -0.3 is 10.6 Å². The largest absolute Gasteiger partial charge is 0.330 e. The van der Waals surface area contributed by atoms with Crippen molar-refractivity contribution >= 4 is 0 Å². The maximum Gasteiger partial charge on any atom is 0.00871 e. The molecule has 2 nitrogen and oxygen atoms in total. The highest BCUT2D eigenvalue weighted by molar-refractivity contribution is 4.76. The Bertz CT molecular complexity index is 141. The van der Waals surface area contributed by atoms with Crippen molar-refractivity contribution in [3.63, 3.8) is 0 Å². The van der Waals surface area contributed by atoms with E-state index in [2.05, 4.69) is 46.6 Å². The molecule has 0 aromatic carbocycles. The van der Waals surface area contributed by atoms with Gasteiger partial charge in [0.25, 0.3) is 0 Å². The van der Waals surface area contributed by atoms with Crippen LogP contribution in [-0.4, -0.2) is 31.1 Å². The van der Waals surface area contributed by atoms with E-state index in [0.29, 0.717) is 12.0 Å². The van der Waals surface area contributed by atoms with Gasteiger partial charge in [-0.25, -0.2) is 0 Å². The molecule has 0 aliphatic heterocycles. The lowest BCUT2D eigenvalue weighted by Gasteiger charge is -2.34. The smallest absolute Gasteiger partial charge is 0.00871 e. The molecule has 2 N–H and O–H groups in total. The van der Waals surface area contributed by atoms with E-state index in [4.69, 9.17) is 5.73 Å². The Morgan fingerprint density at radius 1 is 1.23 bits per heavy atom. The van der Waals surface area contributed by atoms with E-state index >= 15 is 0 Å². The fraction of sp³-hybridized carbons (Fsp3) is 1.00. The molecule has 1 unspecified atom stereocenters. The third-order valence-electron chi connectivity index (χ3n) is 2.89. The first-order valence-corrected chi connectivity index (χ1v) is 5.20. The van der Waals surface area contributed by atoms with Crippen molar-refractivity contribution < 1.29 is 0 Å². The predicted molar refractivity (Wildman–Crippen MR) is 59.8 cm³/mol. The van der Waals surface area contributed by atoms with Crippen molar-refractivity contribution in [2.24, 2.45) is 17.1 Å². The summed E-state index contributed by atoms with van der Waals surface area (Å²) in [5, 5.41) is 0. The van der Waals surface area contributed by atoms with Crippen LogP contribution in [0, 0.1) is 11.3 Å². The van der Waals surface area contributed by atoms with E-state index in [0.717, 1.165) is 13.1 Å². The van der Waals surface area contributed by atoms with Gasteiger partial charge in [0.05, 0.1) is 0 Å². The van der Waals surface area contributed by atoms with Crippen molar-refractivity contribution in [1.82, 2.24) is 4.90 Å². The first kappa shape index (κ1) is 12.9. The maximum absolute atomic E-state index is 5.70. The topological polar surface area (TPSA) is 29.3 Å². The van der Waals surface area contributed by atoms with Crippen molar-refractivity contribution in [2.75, 3.05) is 20.1 Å². The molecule has 1 atom stereocenters. The first-order chi connectivity index (χ1) is 5.80. The van der Waals surface area contributed by atoms with Crippen LogP contribution in [-0.2, 0) is 0 Å². The van der Waals surface area contributed by atoms with Gasteiger partial charge in [0, 0.05) is 12.6 Å². The lowest BCUT2D eigenvalue weighted by Crippen LogP contribution is -2.42. The summed E-state index contributed by atoms with van der Waals surface area (Å²) in [5.74, 6) is 0.707. The van der Waals surface area contributed by atoms with Crippen LogP contribution in [0.1, 0.15) is 34.6 Å². The highest BCUT2D eigenvalue weighted by Gasteiger charge is 2.21. The third-order valence-corrected chi connectivity index (χ3v) is 2.89. The Labute approximate surface area is 83.5 Å². The van der Waals surface area contributed by atoms with Crippen LogP contribution in [0.3, 0.4) is 0 Å². The Balaban J connectivity index is 4.06. The molecular formula is C11H26N2. The fourth-order valence-electron chi connectivity index (χ4n) is 1.39. The molecule has 0 heterocycles. The van der Waals surface area contributed by atoms with Crippen molar-refractivity contribution in [3.8, 4) is 0 Å².